The Morgan fingerprint density at radius 3 is 0.972 bits per heavy atom. The van der Waals surface area contributed by atoms with E-state index in [0.29, 0.717) is 0 Å². The molecule has 18 aromatic rings. The number of rotatable bonds is 31. The molecular formula is C141H139NO2. The quantitative estimate of drug-likeness (QED) is 0.0406. The normalized spacial score (nSPS) is 15.8. The van der Waals surface area contributed by atoms with Crippen LogP contribution in [0.3, 0.4) is 0 Å². The summed E-state index contributed by atoms with van der Waals surface area (Å²) in [5.41, 5.74) is 54.1. The Kier molecular flexibility index (Phi) is 22.5. The van der Waals surface area contributed by atoms with Crippen LogP contribution in [0.2, 0.25) is 0 Å². The number of unbranched alkanes of at least 4 members (excludes halogenated alkanes) is 16. The fourth-order valence-electron chi connectivity index (χ4n) is 29.0. The highest BCUT2D eigenvalue weighted by Gasteiger charge is 2.50. The van der Waals surface area contributed by atoms with Gasteiger partial charge in [0.15, 0.2) is 0 Å². The highest BCUT2D eigenvalue weighted by molar-refractivity contribution is 6.21. The lowest BCUT2D eigenvalue weighted by atomic mass is 9.70. The largest absolute Gasteiger partial charge is 0.455 e. The zero-order valence-corrected chi connectivity index (χ0v) is 87.5. The van der Waals surface area contributed by atoms with Crippen molar-refractivity contribution in [1.29, 1.82) is 0 Å². The molecular weight excluding hydrogens is 1740 g/mol. The van der Waals surface area contributed by atoms with Crippen molar-refractivity contribution in [2.45, 2.75) is 289 Å². The summed E-state index contributed by atoms with van der Waals surface area (Å²) in [6, 6.07) is 117. The van der Waals surface area contributed by atoms with Gasteiger partial charge in [-0.25, -0.2) is 0 Å². The highest BCUT2D eigenvalue weighted by atomic mass is 16.3. The third-order valence-corrected chi connectivity index (χ3v) is 36.9. The highest BCUT2D eigenvalue weighted by Crippen LogP contribution is 2.65. The Morgan fingerprint density at radius 1 is 0.194 bits per heavy atom. The van der Waals surface area contributed by atoms with Gasteiger partial charge in [-0.3, -0.25) is 0 Å². The van der Waals surface area contributed by atoms with Crippen molar-refractivity contribution in [3.63, 3.8) is 0 Å². The molecule has 7 aliphatic carbocycles. The van der Waals surface area contributed by atoms with Crippen molar-refractivity contribution in [1.82, 2.24) is 0 Å². The van der Waals surface area contributed by atoms with Crippen LogP contribution >= 0.6 is 0 Å². The molecule has 16 aromatic carbocycles. The molecule has 2 heterocycles. The number of nitrogens with zero attached hydrogens (tertiary/aromatic N) is 1. The Balaban J connectivity index is 0.527. The summed E-state index contributed by atoms with van der Waals surface area (Å²) in [4.78, 5) is 2.51. The predicted molar refractivity (Wildman–Crippen MR) is 611 cm³/mol. The molecule has 0 bridgehead atoms. The van der Waals surface area contributed by atoms with Crippen molar-refractivity contribution in [3.05, 3.63) is 375 Å². The Morgan fingerprint density at radius 2 is 0.500 bits per heavy atom. The van der Waals surface area contributed by atoms with E-state index in [1.165, 1.54) is 337 Å². The van der Waals surface area contributed by atoms with Gasteiger partial charge in [-0.1, -0.05) is 413 Å². The van der Waals surface area contributed by atoms with Gasteiger partial charge in [0.2, 0.25) is 0 Å². The summed E-state index contributed by atoms with van der Waals surface area (Å²) in [5, 5.41) is 4.68. The topological polar surface area (TPSA) is 29.5 Å². The first-order valence-electron chi connectivity index (χ1n) is 55.4. The molecule has 0 N–H and O–H groups in total. The maximum absolute atomic E-state index is 7.42. The Hall–Kier alpha value is -13.1. The lowest BCUT2D eigenvalue weighted by Gasteiger charge is -2.33. The Bertz CT molecular complexity index is 8210. The van der Waals surface area contributed by atoms with Crippen molar-refractivity contribution >= 4 is 60.9 Å². The molecule has 7 aliphatic rings. The summed E-state index contributed by atoms with van der Waals surface area (Å²) >= 11 is 0. The lowest BCUT2D eigenvalue weighted by molar-refractivity contribution is 0.399. The molecule has 144 heavy (non-hydrogen) atoms. The van der Waals surface area contributed by atoms with Crippen LogP contribution in [0.25, 0.3) is 166 Å². The number of fused-ring (bicyclic) bond motifs is 29. The van der Waals surface area contributed by atoms with E-state index in [-0.39, 0.29) is 32.5 Å². The second-order valence-corrected chi connectivity index (χ2v) is 47.0. The Labute approximate surface area is 855 Å². The summed E-state index contributed by atoms with van der Waals surface area (Å²) in [6.45, 7) is 34.0. The standard InChI is InChI=1S/C141H139NO2/c1-15-19-23-27-42-72-140(73-43-28-24-20-16-2)113-52-38-34-48-97(113)103-66-58-90(78-123(103)140)88-56-64-99-101-68-60-92(80-117(101)135(5,6)115(99)76-88)109-84-126-131(134-129(109)107-50-36-40-54-127(107)144-134)112-87-121-111(86-122(112)139(126,13)14)105-70-62-95(82-119(105)137(121,9)10)142(94-46-32-31-33-47-94)96-63-71-106-120(83-96)138(11,12)125-85-110(133-132(130(106)125)108-51-37-41-55-128(108)143-133)93-61-69-102-100-65-57-89(77-116(100)136(7,8)118(102)81-93)91-59-67-104-98-49-35-39-53-114(98)141(124(104)79-91,74-44-29-25-21-17-3)75-45-30-26-22-18-4/h31-41,46-71,76-87H,15-30,42-45,72-75H2,1-14H3. The smallest absolute Gasteiger partial charge is 0.144 e. The SMILES string of the molecule is CCCCCCCC1(CCCCCCC)c2ccccc2-c2ccc(-c3ccc4c(c3)C(C)(C)c3cc(-c5cc6c(c7c5oc5ccccc57)-c5ccc(N(c7ccccc7)c7ccc8c(c7)C(C)(C)c7cc9c(cc7-8)C(C)(C)c7cc(-c8ccc%10c(c8)C(C)(C)c8cc(-c%11ccc%12c(c%11)C(CCCCCCC)(CCCCCCC)c%11ccccc%11-%12)ccc8-%10)c8c(oc%10ccccc%108)c7-9)cc5C6(C)C)ccc3-4)cc21. The summed E-state index contributed by atoms with van der Waals surface area (Å²) in [7, 11) is 0. The van der Waals surface area contributed by atoms with Crippen LogP contribution < -0.4 is 4.90 Å². The van der Waals surface area contributed by atoms with E-state index in [2.05, 4.69) is 399 Å². The summed E-state index contributed by atoms with van der Waals surface area (Å²) < 4.78 is 14.7. The van der Waals surface area contributed by atoms with Gasteiger partial charge < -0.3 is 13.7 Å². The maximum Gasteiger partial charge on any atom is 0.144 e. The minimum atomic E-state index is -0.397. The van der Waals surface area contributed by atoms with Crippen LogP contribution in [0.4, 0.5) is 17.1 Å². The minimum absolute atomic E-state index is 0.0221. The first-order chi connectivity index (χ1) is 70.0. The van der Waals surface area contributed by atoms with Crippen molar-refractivity contribution in [3.8, 4) is 122 Å². The van der Waals surface area contributed by atoms with E-state index in [0.717, 1.165) is 55.7 Å². The molecule has 0 aliphatic heterocycles. The maximum atomic E-state index is 7.42. The van der Waals surface area contributed by atoms with E-state index in [1.54, 1.807) is 22.3 Å². The molecule has 3 nitrogen and oxygen atoms in total. The fourth-order valence-corrected chi connectivity index (χ4v) is 29.0. The first-order valence-corrected chi connectivity index (χ1v) is 55.4. The van der Waals surface area contributed by atoms with E-state index >= 15 is 0 Å². The second kappa shape index (κ2) is 35.1. The van der Waals surface area contributed by atoms with Gasteiger partial charge >= 0.3 is 0 Å². The molecule has 0 fully saturated rings. The average molecular weight is 1880 g/mol. The van der Waals surface area contributed by atoms with E-state index < -0.39 is 5.41 Å². The monoisotopic (exact) mass is 1880 g/mol. The van der Waals surface area contributed by atoms with Crippen LogP contribution in [0.1, 0.15) is 329 Å². The molecule has 25 rings (SSSR count). The van der Waals surface area contributed by atoms with Crippen LogP contribution in [-0.2, 0) is 37.9 Å². The van der Waals surface area contributed by atoms with Gasteiger partial charge in [0, 0.05) is 87.6 Å². The molecule has 3 heteroatoms. The number of anilines is 3. The van der Waals surface area contributed by atoms with Gasteiger partial charge in [-0.2, -0.15) is 0 Å². The minimum Gasteiger partial charge on any atom is -0.455 e. The van der Waals surface area contributed by atoms with Gasteiger partial charge in [0.1, 0.15) is 22.3 Å². The number of benzene rings is 16. The van der Waals surface area contributed by atoms with E-state index in [9.17, 15) is 0 Å². The molecule has 0 saturated heterocycles. The fraction of sp³-hybridized carbons (Fsp3) is 0.319. The molecule has 0 spiro atoms. The molecule has 0 radical (unpaired) electrons. The zero-order valence-electron chi connectivity index (χ0n) is 87.5. The molecule has 720 valence electrons. The summed E-state index contributed by atoms with van der Waals surface area (Å²) in [6.07, 6.45) is 30.8. The number of hydrogen-bond donors (Lipinski definition) is 0. The summed E-state index contributed by atoms with van der Waals surface area (Å²) in [5.74, 6) is 0. The first kappa shape index (κ1) is 92.1. The number of furan rings is 2. The van der Waals surface area contributed by atoms with Gasteiger partial charge in [-0.15, -0.1) is 0 Å². The third kappa shape index (κ3) is 14.1. The predicted octanol–water partition coefficient (Wildman–Crippen LogP) is 41.1. The second-order valence-electron chi connectivity index (χ2n) is 47.0. The van der Waals surface area contributed by atoms with Crippen LogP contribution in [0, 0.1) is 0 Å². The van der Waals surface area contributed by atoms with Crippen molar-refractivity contribution < 1.29 is 8.83 Å². The zero-order chi connectivity index (χ0) is 98.2. The average Bonchev–Trinajstić information content (AvgIpc) is 1.52. The lowest BCUT2D eigenvalue weighted by Crippen LogP contribution is -2.25. The van der Waals surface area contributed by atoms with Crippen LogP contribution in [-0.4, -0.2) is 0 Å². The molecule has 0 atom stereocenters. The molecule has 0 saturated carbocycles. The van der Waals surface area contributed by atoms with Crippen LogP contribution in [0.5, 0.6) is 0 Å². The van der Waals surface area contributed by atoms with E-state index in [1.807, 2.05) is 0 Å². The van der Waals surface area contributed by atoms with Gasteiger partial charge in [-0.05, 0) is 324 Å². The van der Waals surface area contributed by atoms with Crippen LogP contribution in [0.15, 0.2) is 306 Å². The number of hydrogen-bond acceptors (Lipinski definition) is 3. The molecule has 2 aromatic heterocycles. The molecule has 0 unspecified atom stereocenters. The third-order valence-electron chi connectivity index (χ3n) is 36.9. The number of para-hydroxylation sites is 3. The van der Waals surface area contributed by atoms with Crippen molar-refractivity contribution in [2.24, 2.45) is 0 Å². The van der Waals surface area contributed by atoms with E-state index in [4.69, 9.17) is 8.83 Å². The van der Waals surface area contributed by atoms with Gasteiger partial charge in [0.25, 0.3) is 0 Å². The molecule has 0 amide bonds. The van der Waals surface area contributed by atoms with Crippen molar-refractivity contribution in [2.75, 3.05) is 4.90 Å². The van der Waals surface area contributed by atoms with Gasteiger partial charge in [0.05, 0.1) is 0 Å².